The van der Waals surface area contributed by atoms with Crippen molar-refractivity contribution in [1.29, 1.82) is 0 Å². The van der Waals surface area contributed by atoms with Crippen molar-refractivity contribution in [1.82, 2.24) is 10.2 Å². The van der Waals surface area contributed by atoms with Crippen LogP contribution in [0.5, 0.6) is 5.75 Å². The maximum atomic E-state index is 5.25. The van der Waals surface area contributed by atoms with Crippen LogP contribution < -0.4 is 10.1 Å². The predicted molar refractivity (Wildman–Crippen MR) is 87.5 cm³/mol. The smallest absolute Gasteiger partial charge is 0.119 e. The number of benzene rings is 2. The standard InChI is InChI=1S/C18H24N2O/c1-20(15-17-9-6-10-18(13-17)21-2)12-11-19-14-16-7-4-3-5-8-16/h3-10,13,19H,11-12,14-15H2,1-2H3. The van der Waals surface area contributed by atoms with Crippen molar-refractivity contribution in [3.8, 4) is 5.75 Å². The van der Waals surface area contributed by atoms with E-state index in [1.165, 1.54) is 11.1 Å². The molecule has 2 aromatic carbocycles. The van der Waals surface area contributed by atoms with Crippen LogP contribution in [-0.4, -0.2) is 32.1 Å². The molecule has 0 unspecified atom stereocenters. The van der Waals surface area contributed by atoms with Crippen molar-refractivity contribution in [2.75, 3.05) is 27.2 Å². The van der Waals surface area contributed by atoms with Gasteiger partial charge in [0.15, 0.2) is 0 Å². The summed E-state index contributed by atoms with van der Waals surface area (Å²) in [6, 6.07) is 18.7. The molecule has 0 fully saturated rings. The number of nitrogens with zero attached hydrogens (tertiary/aromatic N) is 1. The molecule has 3 nitrogen and oxygen atoms in total. The zero-order valence-electron chi connectivity index (χ0n) is 12.9. The molecule has 0 aliphatic carbocycles. The summed E-state index contributed by atoms with van der Waals surface area (Å²) in [4.78, 5) is 2.31. The maximum Gasteiger partial charge on any atom is 0.119 e. The third kappa shape index (κ3) is 5.58. The van der Waals surface area contributed by atoms with E-state index in [2.05, 4.69) is 53.7 Å². The molecule has 0 aliphatic heterocycles. The molecule has 0 bridgehead atoms. The molecule has 1 N–H and O–H groups in total. The number of hydrogen-bond donors (Lipinski definition) is 1. The van der Waals surface area contributed by atoms with Crippen molar-refractivity contribution < 1.29 is 4.74 Å². The second kappa shape index (κ2) is 8.45. The minimum atomic E-state index is 0.920. The summed E-state index contributed by atoms with van der Waals surface area (Å²) in [7, 11) is 3.85. The molecule has 0 aliphatic rings. The van der Waals surface area contributed by atoms with Gasteiger partial charge in [0.05, 0.1) is 7.11 Å². The number of methoxy groups -OCH3 is 1. The highest BCUT2D eigenvalue weighted by Gasteiger charge is 2.01. The number of nitrogens with one attached hydrogen (secondary N) is 1. The summed E-state index contributed by atoms with van der Waals surface area (Å²) >= 11 is 0. The van der Waals surface area contributed by atoms with E-state index >= 15 is 0 Å². The van der Waals surface area contributed by atoms with Gasteiger partial charge < -0.3 is 15.0 Å². The van der Waals surface area contributed by atoms with Crippen LogP contribution in [0.3, 0.4) is 0 Å². The number of likely N-dealkylation sites (N-methyl/N-ethyl adjacent to an activating group) is 1. The average Bonchev–Trinajstić information content (AvgIpc) is 2.53. The highest BCUT2D eigenvalue weighted by molar-refractivity contribution is 5.28. The van der Waals surface area contributed by atoms with Gasteiger partial charge in [-0.15, -0.1) is 0 Å². The third-order valence-corrected chi connectivity index (χ3v) is 3.43. The molecule has 112 valence electrons. The lowest BCUT2D eigenvalue weighted by Crippen LogP contribution is -2.28. The van der Waals surface area contributed by atoms with Crippen LogP contribution in [0, 0.1) is 0 Å². The van der Waals surface area contributed by atoms with Gasteiger partial charge in [0.25, 0.3) is 0 Å². The van der Waals surface area contributed by atoms with Crippen molar-refractivity contribution in [3.63, 3.8) is 0 Å². The molecular formula is C18H24N2O. The Morgan fingerprint density at radius 3 is 2.52 bits per heavy atom. The molecule has 2 aromatic rings. The SMILES string of the molecule is COc1cccc(CN(C)CCNCc2ccccc2)c1. The second-order valence-electron chi connectivity index (χ2n) is 5.25. The van der Waals surface area contributed by atoms with Crippen LogP contribution >= 0.6 is 0 Å². The first-order valence-corrected chi connectivity index (χ1v) is 7.34. The van der Waals surface area contributed by atoms with Gasteiger partial charge in [0.1, 0.15) is 5.75 Å². The van der Waals surface area contributed by atoms with E-state index in [0.29, 0.717) is 0 Å². The molecular weight excluding hydrogens is 260 g/mol. The Kier molecular flexibility index (Phi) is 6.25. The van der Waals surface area contributed by atoms with Gasteiger partial charge >= 0.3 is 0 Å². The molecule has 0 atom stereocenters. The van der Waals surface area contributed by atoms with Gasteiger partial charge in [-0.2, -0.15) is 0 Å². The minimum Gasteiger partial charge on any atom is -0.497 e. The minimum absolute atomic E-state index is 0.920. The van der Waals surface area contributed by atoms with Crippen LogP contribution in [0.4, 0.5) is 0 Å². The first-order valence-electron chi connectivity index (χ1n) is 7.34. The van der Waals surface area contributed by atoms with Crippen LogP contribution in [0.25, 0.3) is 0 Å². The molecule has 3 heteroatoms. The number of ether oxygens (including phenoxy) is 1. The fourth-order valence-electron chi connectivity index (χ4n) is 2.26. The van der Waals surface area contributed by atoms with Gasteiger partial charge in [-0.25, -0.2) is 0 Å². The number of rotatable bonds is 8. The summed E-state index contributed by atoms with van der Waals surface area (Å²) in [6.07, 6.45) is 0. The van der Waals surface area contributed by atoms with E-state index in [0.717, 1.165) is 31.9 Å². The topological polar surface area (TPSA) is 24.5 Å². The fourth-order valence-corrected chi connectivity index (χ4v) is 2.26. The lowest BCUT2D eigenvalue weighted by molar-refractivity contribution is 0.323. The molecule has 0 saturated carbocycles. The second-order valence-corrected chi connectivity index (χ2v) is 5.25. The first-order chi connectivity index (χ1) is 10.3. The normalized spacial score (nSPS) is 10.8. The summed E-state index contributed by atoms with van der Waals surface area (Å²) in [5, 5.41) is 3.47. The Morgan fingerprint density at radius 2 is 1.76 bits per heavy atom. The van der Waals surface area contributed by atoms with E-state index < -0.39 is 0 Å². The summed E-state index contributed by atoms with van der Waals surface area (Å²) < 4.78 is 5.25. The Labute approximate surface area is 127 Å². The van der Waals surface area contributed by atoms with Crippen molar-refractivity contribution in [2.24, 2.45) is 0 Å². The van der Waals surface area contributed by atoms with Gasteiger partial charge in [0, 0.05) is 26.2 Å². The van der Waals surface area contributed by atoms with E-state index in [1.807, 2.05) is 18.2 Å². The third-order valence-electron chi connectivity index (χ3n) is 3.43. The molecule has 2 rings (SSSR count). The first kappa shape index (κ1) is 15.5. The molecule has 0 amide bonds. The van der Waals surface area contributed by atoms with E-state index in [1.54, 1.807) is 7.11 Å². The quantitative estimate of drug-likeness (QED) is 0.754. The van der Waals surface area contributed by atoms with Crippen LogP contribution in [0.15, 0.2) is 54.6 Å². The Bertz CT molecular complexity index is 528. The summed E-state index contributed by atoms with van der Waals surface area (Å²) in [6.45, 7) is 3.86. The Balaban J connectivity index is 1.68. The van der Waals surface area contributed by atoms with Gasteiger partial charge in [0.2, 0.25) is 0 Å². The zero-order valence-corrected chi connectivity index (χ0v) is 12.9. The van der Waals surface area contributed by atoms with E-state index in [4.69, 9.17) is 4.74 Å². The zero-order chi connectivity index (χ0) is 14.9. The van der Waals surface area contributed by atoms with E-state index in [-0.39, 0.29) is 0 Å². The van der Waals surface area contributed by atoms with Crippen LogP contribution in [0.1, 0.15) is 11.1 Å². The van der Waals surface area contributed by atoms with E-state index in [9.17, 15) is 0 Å². The molecule has 0 radical (unpaired) electrons. The van der Waals surface area contributed by atoms with Crippen LogP contribution in [0.2, 0.25) is 0 Å². The fraction of sp³-hybridized carbons (Fsp3) is 0.333. The lowest BCUT2D eigenvalue weighted by atomic mass is 10.2. The molecule has 0 heterocycles. The Hall–Kier alpha value is -1.84. The van der Waals surface area contributed by atoms with Crippen molar-refractivity contribution in [3.05, 3.63) is 65.7 Å². The summed E-state index contributed by atoms with van der Waals surface area (Å²) in [5.74, 6) is 0.920. The van der Waals surface area contributed by atoms with Gasteiger partial charge in [-0.1, -0.05) is 42.5 Å². The monoisotopic (exact) mass is 284 g/mol. The van der Waals surface area contributed by atoms with Gasteiger partial charge in [-0.05, 0) is 30.3 Å². The van der Waals surface area contributed by atoms with Crippen LogP contribution in [-0.2, 0) is 13.1 Å². The van der Waals surface area contributed by atoms with Crippen molar-refractivity contribution >= 4 is 0 Å². The molecule has 0 spiro atoms. The maximum absolute atomic E-state index is 5.25. The average molecular weight is 284 g/mol. The largest absolute Gasteiger partial charge is 0.497 e. The number of hydrogen-bond acceptors (Lipinski definition) is 3. The van der Waals surface area contributed by atoms with Crippen molar-refractivity contribution in [2.45, 2.75) is 13.1 Å². The highest BCUT2D eigenvalue weighted by Crippen LogP contribution is 2.13. The predicted octanol–water partition coefficient (Wildman–Crippen LogP) is 2.92. The molecule has 21 heavy (non-hydrogen) atoms. The Morgan fingerprint density at radius 1 is 1.00 bits per heavy atom. The summed E-state index contributed by atoms with van der Waals surface area (Å²) in [5.41, 5.74) is 2.60. The molecule has 0 aromatic heterocycles. The lowest BCUT2D eigenvalue weighted by Gasteiger charge is -2.17. The highest BCUT2D eigenvalue weighted by atomic mass is 16.5. The molecule has 0 saturated heterocycles. The van der Waals surface area contributed by atoms with Gasteiger partial charge in [-0.3, -0.25) is 0 Å².